The summed E-state index contributed by atoms with van der Waals surface area (Å²) in [6.45, 7) is 5.67. The SMILES string of the molecule is CCOC(=O)C[C@H](c1cccc(OC)c1OCC(C)C)c1oc(CO)cc(=O)c1O. The van der Waals surface area contributed by atoms with Crippen molar-refractivity contribution in [3.05, 3.63) is 51.6 Å². The Balaban J connectivity index is 2.69. The predicted octanol–water partition coefficient (Wildman–Crippen LogP) is 2.97. The first-order chi connectivity index (χ1) is 14.3. The van der Waals surface area contributed by atoms with Crippen LogP contribution in [-0.2, 0) is 16.1 Å². The molecule has 0 aliphatic carbocycles. The van der Waals surface area contributed by atoms with Crippen molar-refractivity contribution in [2.75, 3.05) is 20.3 Å². The fraction of sp³-hybridized carbons (Fsp3) is 0.455. The summed E-state index contributed by atoms with van der Waals surface area (Å²) in [5, 5.41) is 19.8. The molecule has 1 aromatic heterocycles. The lowest BCUT2D eigenvalue weighted by atomic mass is 9.91. The van der Waals surface area contributed by atoms with Gasteiger partial charge in [0.05, 0.1) is 32.7 Å². The Hall–Kier alpha value is -3.00. The molecule has 0 amide bonds. The van der Waals surface area contributed by atoms with Crippen molar-refractivity contribution in [2.24, 2.45) is 5.92 Å². The molecule has 0 bridgehead atoms. The molecule has 0 saturated carbocycles. The van der Waals surface area contributed by atoms with E-state index in [1.165, 1.54) is 7.11 Å². The average Bonchev–Trinajstić information content (AvgIpc) is 2.72. The molecule has 8 nitrogen and oxygen atoms in total. The molecule has 2 N–H and O–H groups in total. The van der Waals surface area contributed by atoms with Gasteiger partial charge in [-0.25, -0.2) is 0 Å². The van der Waals surface area contributed by atoms with E-state index in [2.05, 4.69) is 0 Å². The molecule has 2 rings (SSSR count). The maximum Gasteiger partial charge on any atom is 0.306 e. The van der Waals surface area contributed by atoms with Crippen LogP contribution in [0.25, 0.3) is 0 Å². The second-order valence-electron chi connectivity index (χ2n) is 7.09. The lowest BCUT2D eigenvalue weighted by Gasteiger charge is -2.22. The number of hydrogen-bond acceptors (Lipinski definition) is 8. The number of para-hydroxylation sites is 1. The van der Waals surface area contributed by atoms with Gasteiger partial charge in [0.25, 0.3) is 0 Å². The molecule has 0 aliphatic rings. The van der Waals surface area contributed by atoms with Crippen LogP contribution in [0.2, 0.25) is 0 Å². The average molecular weight is 420 g/mol. The van der Waals surface area contributed by atoms with Gasteiger partial charge < -0.3 is 28.8 Å². The minimum Gasteiger partial charge on any atom is -0.502 e. The molecule has 164 valence electrons. The van der Waals surface area contributed by atoms with Gasteiger partial charge in [-0.3, -0.25) is 9.59 Å². The molecular weight excluding hydrogens is 392 g/mol. The molecule has 2 aromatic rings. The highest BCUT2D eigenvalue weighted by molar-refractivity contribution is 5.72. The van der Waals surface area contributed by atoms with E-state index >= 15 is 0 Å². The third-order valence-corrected chi connectivity index (χ3v) is 4.31. The van der Waals surface area contributed by atoms with Gasteiger partial charge in [-0.05, 0) is 18.9 Å². The molecular formula is C22H28O8. The molecule has 1 atom stereocenters. The lowest BCUT2D eigenvalue weighted by molar-refractivity contribution is -0.143. The highest BCUT2D eigenvalue weighted by atomic mass is 16.5. The first-order valence-electron chi connectivity index (χ1n) is 9.74. The maximum atomic E-state index is 12.3. The zero-order chi connectivity index (χ0) is 22.3. The van der Waals surface area contributed by atoms with Gasteiger partial charge in [-0.15, -0.1) is 0 Å². The van der Waals surface area contributed by atoms with Gasteiger partial charge in [0, 0.05) is 11.6 Å². The van der Waals surface area contributed by atoms with Crippen LogP contribution in [0.15, 0.2) is 33.5 Å². The Morgan fingerprint density at radius 2 is 2.00 bits per heavy atom. The lowest BCUT2D eigenvalue weighted by Crippen LogP contribution is -2.16. The van der Waals surface area contributed by atoms with E-state index in [4.69, 9.17) is 18.6 Å². The van der Waals surface area contributed by atoms with Crippen molar-refractivity contribution >= 4 is 5.97 Å². The number of benzene rings is 1. The molecule has 0 aliphatic heterocycles. The van der Waals surface area contributed by atoms with Crippen LogP contribution in [0.3, 0.4) is 0 Å². The van der Waals surface area contributed by atoms with Gasteiger partial charge in [-0.2, -0.15) is 0 Å². The summed E-state index contributed by atoms with van der Waals surface area (Å²) in [5.41, 5.74) is -0.238. The number of hydrogen-bond donors (Lipinski definition) is 2. The van der Waals surface area contributed by atoms with Gasteiger partial charge in [0.1, 0.15) is 12.4 Å². The van der Waals surface area contributed by atoms with Crippen LogP contribution >= 0.6 is 0 Å². The topological polar surface area (TPSA) is 115 Å². The fourth-order valence-corrected chi connectivity index (χ4v) is 2.97. The van der Waals surface area contributed by atoms with E-state index in [-0.39, 0.29) is 30.5 Å². The largest absolute Gasteiger partial charge is 0.502 e. The molecule has 30 heavy (non-hydrogen) atoms. The zero-order valence-electron chi connectivity index (χ0n) is 17.6. The van der Waals surface area contributed by atoms with Crippen molar-refractivity contribution in [1.82, 2.24) is 0 Å². The van der Waals surface area contributed by atoms with E-state index in [1.807, 2.05) is 13.8 Å². The standard InChI is InChI=1S/C22H28O8/c1-5-28-19(25)10-16(22-20(26)17(24)9-14(11-23)30-22)15-7-6-8-18(27-4)21(15)29-12-13(2)3/h6-9,13,16,23,26H,5,10-12H2,1-4H3/t16-/m1/s1. The third kappa shape index (κ3) is 5.54. The number of aliphatic hydroxyl groups is 1. The summed E-state index contributed by atoms with van der Waals surface area (Å²) in [6, 6.07) is 6.12. The number of aromatic hydroxyl groups is 1. The quantitative estimate of drug-likeness (QED) is 0.564. The number of carbonyl (C=O) groups is 1. The molecule has 8 heteroatoms. The Morgan fingerprint density at radius 3 is 2.60 bits per heavy atom. The smallest absolute Gasteiger partial charge is 0.306 e. The van der Waals surface area contributed by atoms with Crippen molar-refractivity contribution in [3.8, 4) is 17.2 Å². The van der Waals surface area contributed by atoms with Crippen LogP contribution in [0, 0.1) is 5.92 Å². The molecule has 1 heterocycles. The number of ether oxygens (including phenoxy) is 3. The normalized spacial score (nSPS) is 11.9. The van der Waals surface area contributed by atoms with Crippen LogP contribution < -0.4 is 14.9 Å². The highest BCUT2D eigenvalue weighted by Crippen LogP contribution is 2.42. The van der Waals surface area contributed by atoms with Crippen LogP contribution in [0.5, 0.6) is 17.2 Å². The fourth-order valence-electron chi connectivity index (χ4n) is 2.97. The third-order valence-electron chi connectivity index (χ3n) is 4.31. The summed E-state index contributed by atoms with van der Waals surface area (Å²) in [6.07, 6.45) is -0.218. The minimum atomic E-state index is -0.902. The summed E-state index contributed by atoms with van der Waals surface area (Å²) in [4.78, 5) is 24.5. The van der Waals surface area contributed by atoms with Crippen molar-refractivity contribution < 1.29 is 33.6 Å². The summed E-state index contributed by atoms with van der Waals surface area (Å²) in [7, 11) is 1.49. The van der Waals surface area contributed by atoms with Gasteiger partial charge >= 0.3 is 5.97 Å². The summed E-state index contributed by atoms with van der Waals surface area (Å²) in [5.74, 6) is -1.25. The Labute approximate surface area is 175 Å². The number of carbonyl (C=O) groups excluding carboxylic acids is 1. The maximum absolute atomic E-state index is 12.3. The van der Waals surface area contributed by atoms with Gasteiger partial charge in [0.15, 0.2) is 17.3 Å². The number of rotatable bonds is 10. The Morgan fingerprint density at radius 1 is 1.27 bits per heavy atom. The summed E-state index contributed by atoms with van der Waals surface area (Å²) < 4.78 is 22.0. The van der Waals surface area contributed by atoms with Crippen molar-refractivity contribution in [2.45, 2.75) is 39.7 Å². The van der Waals surface area contributed by atoms with E-state index < -0.39 is 29.7 Å². The number of methoxy groups -OCH3 is 1. The molecule has 0 spiro atoms. The molecule has 0 saturated heterocycles. The second kappa shape index (κ2) is 10.7. The monoisotopic (exact) mass is 420 g/mol. The van der Waals surface area contributed by atoms with Crippen LogP contribution in [0.4, 0.5) is 0 Å². The van der Waals surface area contributed by atoms with Crippen molar-refractivity contribution in [1.29, 1.82) is 0 Å². The molecule has 0 fully saturated rings. The van der Waals surface area contributed by atoms with Crippen LogP contribution in [0.1, 0.15) is 50.2 Å². The van der Waals surface area contributed by atoms with Crippen LogP contribution in [-0.4, -0.2) is 36.5 Å². The number of esters is 1. The van der Waals surface area contributed by atoms with E-state index in [1.54, 1.807) is 25.1 Å². The Bertz CT molecular complexity index is 916. The molecule has 0 radical (unpaired) electrons. The van der Waals surface area contributed by atoms with Gasteiger partial charge in [0.2, 0.25) is 11.2 Å². The second-order valence-corrected chi connectivity index (χ2v) is 7.09. The Kier molecular flexibility index (Phi) is 8.29. The first kappa shape index (κ1) is 23.3. The molecule has 0 unspecified atom stereocenters. The zero-order valence-corrected chi connectivity index (χ0v) is 17.6. The molecule has 1 aromatic carbocycles. The van der Waals surface area contributed by atoms with E-state index in [9.17, 15) is 19.8 Å². The highest BCUT2D eigenvalue weighted by Gasteiger charge is 2.30. The van der Waals surface area contributed by atoms with E-state index in [0.29, 0.717) is 23.7 Å². The van der Waals surface area contributed by atoms with Gasteiger partial charge in [-0.1, -0.05) is 26.0 Å². The van der Waals surface area contributed by atoms with E-state index in [0.717, 1.165) is 6.07 Å². The number of aliphatic hydroxyl groups excluding tert-OH is 1. The van der Waals surface area contributed by atoms with Crippen molar-refractivity contribution in [3.63, 3.8) is 0 Å². The first-order valence-corrected chi connectivity index (χ1v) is 9.74. The predicted molar refractivity (Wildman–Crippen MR) is 109 cm³/mol. The summed E-state index contributed by atoms with van der Waals surface area (Å²) >= 11 is 0. The minimum absolute atomic E-state index is 0.0331.